The lowest BCUT2D eigenvalue weighted by molar-refractivity contribution is -0.136. The lowest BCUT2D eigenvalue weighted by atomic mass is 10.1. The molecule has 0 bridgehead atoms. The fourth-order valence-electron chi connectivity index (χ4n) is 3.36. The molecule has 0 aliphatic carbocycles. The van der Waals surface area contributed by atoms with Crippen molar-refractivity contribution in [3.8, 4) is 5.75 Å². The molecule has 2 heterocycles. The van der Waals surface area contributed by atoms with Gasteiger partial charge in [0.1, 0.15) is 17.3 Å². The summed E-state index contributed by atoms with van der Waals surface area (Å²) in [5.74, 6) is -0.258. The summed E-state index contributed by atoms with van der Waals surface area (Å²) >= 11 is 0. The van der Waals surface area contributed by atoms with Gasteiger partial charge < -0.3 is 15.4 Å². The summed E-state index contributed by atoms with van der Waals surface area (Å²) in [6.45, 7) is 0.204. The van der Waals surface area contributed by atoms with Crippen molar-refractivity contribution in [1.29, 1.82) is 0 Å². The molecule has 4 rings (SSSR count). The van der Waals surface area contributed by atoms with E-state index in [1.165, 1.54) is 0 Å². The molecule has 1 fully saturated rings. The minimum atomic E-state index is -0.875. The van der Waals surface area contributed by atoms with Crippen LogP contribution >= 0.6 is 0 Å². The average molecular weight is 436 g/mol. The Morgan fingerprint density at radius 3 is 2.69 bits per heavy atom. The van der Waals surface area contributed by atoms with E-state index in [4.69, 9.17) is 4.74 Å². The maximum absolute atomic E-state index is 12.8. The number of imide groups is 1. The predicted molar refractivity (Wildman–Crippen MR) is 114 cm³/mol. The Morgan fingerprint density at radius 1 is 1.19 bits per heavy atom. The Labute approximate surface area is 181 Å². The summed E-state index contributed by atoms with van der Waals surface area (Å²) in [6, 6.07) is 10.6. The monoisotopic (exact) mass is 436 g/mol. The molecule has 11 heteroatoms. The van der Waals surface area contributed by atoms with Crippen LogP contribution in [0, 0.1) is 0 Å². The van der Waals surface area contributed by atoms with Crippen molar-refractivity contribution in [2.45, 2.75) is 25.4 Å². The highest BCUT2D eigenvalue weighted by molar-refractivity contribution is 5.99. The summed E-state index contributed by atoms with van der Waals surface area (Å²) in [7, 11) is 1.56. The van der Waals surface area contributed by atoms with Crippen LogP contribution in [0.15, 0.2) is 47.3 Å². The molecule has 164 valence electrons. The van der Waals surface area contributed by atoms with Crippen LogP contribution in [-0.2, 0) is 16.1 Å². The third-order valence-corrected chi connectivity index (χ3v) is 5.06. The van der Waals surface area contributed by atoms with Gasteiger partial charge in [-0.3, -0.25) is 19.7 Å². The second kappa shape index (κ2) is 8.84. The zero-order valence-corrected chi connectivity index (χ0v) is 17.1. The van der Waals surface area contributed by atoms with Crippen molar-refractivity contribution >= 4 is 34.4 Å². The fourth-order valence-corrected chi connectivity index (χ4v) is 3.36. The number of hydrogen-bond acceptors (Lipinski definition) is 7. The van der Waals surface area contributed by atoms with Gasteiger partial charge in [-0.15, -0.1) is 5.10 Å². The molecule has 3 N–H and O–H groups in total. The molecule has 1 aromatic heterocycles. The van der Waals surface area contributed by atoms with Crippen LogP contribution in [0.3, 0.4) is 0 Å². The molecule has 0 radical (unpaired) electrons. The van der Waals surface area contributed by atoms with Gasteiger partial charge in [0.25, 0.3) is 11.5 Å². The minimum Gasteiger partial charge on any atom is -0.497 e. The van der Waals surface area contributed by atoms with E-state index in [0.29, 0.717) is 17.0 Å². The highest BCUT2D eigenvalue weighted by Crippen LogP contribution is 2.17. The van der Waals surface area contributed by atoms with Gasteiger partial charge in [0.2, 0.25) is 5.91 Å². The number of fused-ring (bicyclic) bond motifs is 1. The zero-order valence-electron chi connectivity index (χ0n) is 17.1. The number of nitrogens with one attached hydrogen (secondary N) is 3. The quantitative estimate of drug-likeness (QED) is 0.508. The summed E-state index contributed by atoms with van der Waals surface area (Å²) in [5.41, 5.74) is 1.20. The maximum atomic E-state index is 12.8. The number of hydrogen-bond donors (Lipinski definition) is 3. The number of ether oxygens (including phenoxy) is 1. The molecular formula is C21H20N6O5. The fraction of sp³-hybridized carbons (Fsp3) is 0.238. The Bertz CT molecular complexity index is 1250. The van der Waals surface area contributed by atoms with Crippen molar-refractivity contribution in [2.75, 3.05) is 12.4 Å². The van der Waals surface area contributed by atoms with Crippen molar-refractivity contribution in [2.24, 2.45) is 0 Å². The average Bonchev–Trinajstić information content (AvgIpc) is 2.79. The third kappa shape index (κ3) is 4.41. The molecule has 0 saturated carbocycles. The second-order valence-electron chi connectivity index (χ2n) is 7.19. The molecular weight excluding hydrogens is 416 g/mol. The Hall–Kier alpha value is -4.28. The zero-order chi connectivity index (χ0) is 22.7. The van der Waals surface area contributed by atoms with Crippen LogP contribution in [0.2, 0.25) is 0 Å². The lowest BCUT2D eigenvalue weighted by Crippen LogP contribution is -2.45. The molecule has 32 heavy (non-hydrogen) atoms. The topological polar surface area (TPSA) is 144 Å². The van der Waals surface area contributed by atoms with Crippen LogP contribution in [0.25, 0.3) is 10.9 Å². The number of piperidine rings is 1. The molecule has 3 aromatic rings. The summed E-state index contributed by atoms with van der Waals surface area (Å²) < 4.78 is 6.08. The standard InChI is InChI=1S/C21H20N6O5/c1-32-14-5-3-13(4-6-14)23-21(31)22-11-12-2-7-15-16(10-12)25-26-27(20(15)30)17-8-9-18(28)24-19(17)29/h2-7,10,17H,8-9,11H2,1H3,(H2,22,23,31)(H,24,28,29). The molecule has 4 amide bonds. The van der Waals surface area contributed by atoms with Gasteiger partial charge in [-0.1, -0.05) is 11.3 Å². The molecule has 1 aliphatic rings. The summed E-state index contributed by atoms with van der Waals surface area (Å²) in [6.07, 6.45) is 0.321. The van der Waals surface area contributed by atoms with Crippen LogP contribution in [0.5, 0.6) is 5.75 Å². The van der Waals surface area contributed by atoms with Crippen LogP contribution in [0.1, 0.15) is 24.4 Å². The predicted octanol–water partition coefficient (Wildman–Crippen LogP) is 1.10. The largest absolute Gasteiger partial charge is 0.497 e. The Balaban J connectivity index is 1.44. The van der Waals surface area contributed by atoms with E-state index in [9.17, 15) is 19.2 Å². The van der Waals surface area contributed by atoms with Gasteiger partial charge >= 0.3 is 6.03 Å². The van der Waals surface area contributed by atoms with E-state index in [2.05, 4.69) is 26.3 Å². The molecule has 1 unspecified atom stereocenters. The van der Waals surface area contributed by atoms with E-state index < -0.39 is 23.5 Å². The molecule has 1 atom stereocenters. The molecule has 11 nitrogen and oxygen atoms in total. The normalized spacial score (nSPS) is 15.8. The number of rotatable bonds is 5. The number of amides is 4. The van der Waals surface area contributed by atoms with Gasteiger partial charge in [0, 0.05) is 18.7 Å². The molecule has 0 spiro atoms. The third-order valence-electron chi connectivity index (χ3n) is 5.06. The SMILES string of the molecule is COc1ccc(NC(=O)NCc2ccc3c(=O)n(C4CCC(=O)NC4=O)nnc3c2)cc1. The minimum absolute atomic E-state index is 0.131. The van der Waals surface area contributed by atoms with Crippen molar-refractivity contribution in [3.05, 3.63) is 58.4 Å². The van der Waals surface area contributed by atoms with E-state index in [0.717, 1.165) is 10.2 Å². The molecule has 1 aliphatic heterocycles. The van der Waals surface area contributed by atoms with Crippen molar-refractivity contribution in [1.82, 2.24) is 25.6 Å². The molecule has 2 aromatic carbocycles. The van der Waals surface area contributed by atoms with Crippen molar-refractivity contribution < 1.29 is 19.1 Å². The van der Waals surface area contributed by atoms with E-state index in [1.807, 2.05) is 0 Å². The van der Waals surface area contributed by atoms with E-state index in [-0.39, 0.29) is 30.7 Å². The summed E-state index contributed by atoms with van der Waals surface area (Å²) in [4.78, 5) is 48.3. The van der Waals surface area contributed by atoms with Gasteiger partial charge in [-0.25, -0.2) is 4.79 Å². The first-order valence-corrected chi connectivity index (χ1v) is 9.85. The number of carbonyl (C=O) groups is 3. The van der Waals surface area contributed by atoms with E-state index >= 15 is 0 Å². The highest BCUT2D eigenvalue weighted by Gasteiger charge is 2.30. The number of benzene rings is 2. The molecule has 1 saturated heterocycles. The number of methoxy groups -OCH3 is 1. The lowest BCUT2D eigenvalue weighted by Gasteiger charge is -2.21. The van der Waals surface area contributed by atoms with Crippen LogP contribution in [0.4, 0.5) is 10.5 Å². The van der Waals surface area contributed by atoms with Crippen LogP contribution in [-0.4, -0.2) is 39.9 Å². The Morgan fingerprint density at radius 2 is 1.97 bits per heavy atom. The first-order chi connectivity index (χ1) is 15.4. The maximum Gasteiger partial charge on any atom is 0.319 e. The van der Waals surface area contributed by atoms with Gasteiger partial charge in [0.05, 0.1) is 12.5 Å². The summed E-state index contributed by atoms with van der Waals surface area (Å²) in [5, 5.41) is 15.9. The number of urea groups is 1. The van der Waals surface area contributed by atoms with Gasteiger partial charge in [-0.2, -0.15) is 4.68 Å². The van der Waals surface area contributed by atoms with Gasteiger partial charge in [0.15, 0.2) is 0 Å². The van der Waals surface area contributed by atoms with Gasteiger partial charge in [-0.05, 0) is 48.4 Å². The number of nitrogens with zero attached hydrogens (tertiary/aromatic N) is 3. The number of anilines is 1. The second-order valence-corrected chi connectivity index (χ2v) is 7.19. The number of carbonyl (C=O) groups excluding carboxylic acids is 3. The first kappa shape index (κ1) is 21.0. The first-order valence-electron chi connectivity index (χ1n) is 9.85. The highest BCUT2D eigenvalue weighted by atomic mass is 16.5. The van der Waals surface area contributed by atoms with Crippen molar-refractivity contribution in [3.63, 3.8) is 0 Å². The smallest absolute Gasteiger partial charge is 0.319 e. The van der Waals surface area contributed by atoms with E-state index in [1.54, 1.807) is 49.6 Å². The van der Waals surface area contributed by atoms with Crippen LogP contribution < -0.4 is 26.2 Å². The Kier molecular flexibility index (Phi) is 5.79. The number of aromatic nitrogens is 3.